The highest BCUT2D eigenvalue weighted by Crippen LogP contribution is 2.61. The van der Waals surface area contributed by atoms with E-state index >= 15 is 0 Å². The Morgan fingerprint density at radius 1 is 0.629 bits per heavy atom. The van der Waals surface area contributed by atoms with Crippen LogP contribution in [0.2, 0.25) is 0 Å². The van der Waals surface area contributed by atoms with Gasteiger partial charge in [0.25, 0.3) is 0 Å². The van der Waals surface area contributed by atoms with Crippen molar-refractivity contribution >= 4 is 52.5 Å². The number of unbranched alkanes of at least 4 members (excludes halogenated alkanes) is 3. The molecule has 8 aliphatic carbocycles. The second-order valence-corrected chi connectivity index (χ2v) is 26.9. The summed E-state index contributed by atoms with van der Waals surface area (Å²) in [6.45, 7) is 13.6. The third kappa shape index (κ3) is 10.3. The Morgan fingerprint density at radius 2 is 1.40 bits per heavy atom. The van der Waals surface area contributed by atoms with Crippen molar-refractivity contribution in [1.82, 2.24) is 4.57 Å². The number of hydrogen-bond acceptors (Lipinski definition) is 2. The third-order valence-electron chi connectivity index (χ3n) is 21.7. The number of aromatic nitrogens is 1. The Kier molecular flexibility index (Phi) is 15.3. The van der Waals surface area contributed by atoms with Gasteiger partial charge in [-0.3, -0.25) is 0 Å². The number of anilines is 3. The zero-order valence-corrected chi connectivity index (χ0v) is 52.3. The molecule has 7 aromatic rings. The van der Waals surface area contributed by atoms with Crippen molar-refractivity contribution in [2.45, 2.75) is 133 Å². The van der Waals surface area contributed by atoms with Crippen LogP contribution in [-0.2, 0) is 22.0 Å². The first-order valence-corrected chi connectivity index (χ1v) is 33.6. The summed E-state index contributed by atoms with van der Waals surface area (Å²) in [4.78, 5) is 2.55. The van der Waals surface area contributed by atoms with E-state index in [1.54, 1.807) is 0 Å². The molecule has 1 heterocycles. The molecule has 0 N–H and O–H groups in total. The molecule has 0 radical (unpaired) electrons. The van der Waals surface area contributed by atoms with Crippen molar-refractivity contribution in [2.24, 2.45) is 11.8 Å². The predicted molar refractivity (Wildman–Crippen MR) is 376 cm³/mol. The molecule has 0 bridgehead atoms. The molecular formula is C86H84N2O. The van der Waals surface area contributed by atoms with E-state index in [1.165, 1.54) is 150 Å². The SMILES string of the molecule is C=CC1=CC=C(OCCCCCCC2(C3C=CC=CC3)c3cc(N(c4ccc(C5=CCCCC5)cc4)c4ccc(C5=Cc6c(n(-c7ccc(C=C)cc7)c7c6=CC(c6ccc8c(c6)C(C)(C)c6ccccc6-8)CC=7)CC5)cc4)ccc3C3C=CC=CC32)CC1. The molecule has 0 spiro atoms. The summed E-state index contributed by atoms with van der Waals surface area (Å²) in [5.41, 5.74) is 25.5. The summed E-state index contributed by atoms with van der Waals surface area (Å²) in [6.07, 6.45) is 54.2. The fourth-order valence-electron chi connectivity index (χ4n) is 17.0. The van der Waals surface area contributed by atoms with E-state index in [0.29, 0.717) is 17.8 Å². The Hall–Kier alpha value is -8.66. The van der Waals surface area contributed by atoms with Gasteiger partial charge in [0.2, 0.25) is 0 Å². The summed E-state index contributed by atoms with van der Waals surface area (Å²) in [5.74, 6) is 2.52. The molecule has 0 saturated carbocycles. The number of nitrogens with zero attached hydrogens (tertiary/aromatic N) is 2. The summed E-state index contributed by atoms with van der Waals surface area (Å²) in [6, 6.07) is 52.1. The Morgan fingerprint density at radius 3 is 2.17 bits per heavy atom. The lowest BCUT2D eigenvalue weighted by Crippen LogP contribution is -2.39. The molecule has 1 aromatic heterocycles. The summed E-state index contributed by atoms with van der Waals surface area (Å²) in [5, 5.41) is 2.67. The van der Waals surface area contributed by atoms with Crippen LogP contribution in [0.15, 0.2) is 231 Å². The lowest BCUT2D eigenvalue weighted by molar-refractivity contribution is 0.191. The van der Waals surface area contributed by atoms with Crippen LogP contribution < -0.4 is 15.5 Å². The first kappa shape index (κ1) is 56.8. The molecule has 5 unspecified atom stereocenters. The van der Waals surface area contributed by atoms with Crippen molar-refractivity contribution < 1.29 is 4.74 Å². The van der Waals surface area contributed by atoms with E-state index in [-0.39, 0.29) is 16.7 Å². The fourth-order valence-corrected chi connectivity index (χ4v) is 17.0. The third-order valence-corrected chi connectivity index (χ3v) is 21.7. The zero-order chi connectivity index (χ0) is 60.1. The van der Waals surface area contributed by atoms with Crippen LogP contribution in [0.1, 0.15) is 171 Å². The smallest absolute Gasteiger partial charge is 0.0963 e. The molecule has 444 valence electrons. The minimum absolute atomic E-state index is 0.0441. The van der Waals surface area contributed by atoms with Gasteiger partial charge in [0.05, 0.1) is 12.4 Å². The van der Waals surface area contributed by atoms with Crippen LogP contribution in [0, 0.1) is 11.8 Å². The van der Waals surface area contributed by atoms with E-state index in [0.717, 1.165) is 75.7 Å². The van der Waals surface area contributed by atoms with E-state index in [2.05, 4.69) is 255 Å². The molecule has 0 aliphatic heterocycles. The van der Waals surface area contributed by atoms with Gasteiger partial charge in [-0.25, -0.2) is 0 Å². The average Bonchev–Trinajstić information content (AvgIpc) is 1.64. The lowest BCUT2D eigenvalue weighted by Gasteiger charge is -2.44. The van der Waals surface area contributed by atoms with Gasteiger partial charge in [0.15, 0.2) is 0 Å². The standard InChI is InChI=1S/C86H84N2O/c1-5-59-29-40-70(41-30-59)88-83-51-38-64(55-77(83)78-56-65(39-52-84(78)88)66-37-49-75-73-25-15-17-27-79(73)85(3,4)81(75)57-66)63-35-44-69(45-36-63)87(68-42-33-62(34-43-68)61-21-11-9-12-22-61)71-46-50-76-74-26-16-18-28-80(74)86(82(76)58-71,67-23-13-10-14-24-67)53-19-7-8-20-54-89-72-47-31-60(6-2)32-48-72/h5-6,10,13-18,21,23,25-31,33-37,40-47,49-50,52,55-58,65,67,74,80H,1-2,7-9,11-12,19-20,22,24,32,38-39,48,51,53-54H2,3-4H3. The number of rotatable bonds is 18. The highest BCUT2D eigenvalue weighted by molar-refractivity contribution is 5.87. The normalized spacial score (nSPS) is 22.1. The number of fused-ring (bicyclic) bond motifs is 9. The molecule has 15 rings (SSSR count). The molecule has 6 aromatic carbocycles. The molecule has 5 atom stereocenters. The van der Waals surface area contributed by atoms with Gasteiger partial charge in [0.1, 0.15) is 0 Å². The molecule has 8 aliphatic rings. The summed E-state index contributed by atoms with van der Waals surface area (Å²) in [7, 11) is 0. The molecule has 89 heavy (non-hydrogen) atoms. The lowest BCUT2D eigenvalue weighted by atomic mass is 9.60. The van der Waals surface area contributed by atoms with E-state index in [4.69, 9.17) is 4.74 Å². The largest absolute Gasteiger partial charge is 0.498 e. The molecule has 0 amide bonds. The van der Waals surface area contributed by atoms with Crippen molar-refractivity contribution in [3.05, 3.63) is 297 Å². The number of allylic oxidation sites excluding steroid dienone is 16. The van der Waals surface area contributed by atoms with Crippen LogP contribution in [0.5, 0.6) is 0 Å². The minimum Gasteiger partial charge on any atom is -0.498 e. The van der Waals surface area contributed by atoms with Crippen LogP contribution in [0.25, 0.3) is 52.3 Å². The van der Waals surface area contributed by atoms with Gasteiger partial charge in [-0.15, -0.1) is 0 Å². The van der Waals surface area contributed by atoms with E-state index in [1.807, 2.05) is 12.2 Å². The molecule has 0 saturated heterocycles. The van der Waals surface area contributed by atoms with E-state index < -0.39 is 0 Å². The second-order valence-electron chi connectivity index (χ2n) is 26.9. The van der Waals surface area contributed by atoms with Gasteiger partial charge in [0, 0.05) is 73.7 Å². The fraction of sp³-hybridized carbons (Fsp3) is 0.279. The first-order valence-electron chi connectivity index (χ1n) is 33.6. The molecule has 3 heteroatoms. The van der Waals surface area contributed by atoms with Crippen LogP contribution >= 0.6 is 0 Å². The maximum absolute atomic E-state index is 6.29. The average molecular weight is 1160 g/mol. The van der Waals surface area contributed by atoms with Crippen molar-refractivity contribution in [3.63, 3.8) is 0 Å². The topological polar surface area (TPSA) is 17.4 Å². The van der Waals surface area contributed by atoms with Crippen LogP contribution in [0.4, 0.5) is 17.1 Å². The summed E-state index contributed by atoms with van der Waals surface area (Å²) >= 11 is 0. The Balaban J connectivity index is 0.781. The molecular weight excluding hydrogens is 1080 g/mol. The van der Waals surface area contributed by atoms with Gasteiger partial charge in [-0.1, -0.05) is 216 Å². The minimum atomic E-state index is -0.0523. The maximum atomic E-state index is 6.29. The number of ether oxygens (including phenoxy) is 1. The highest BCUT2D eigenvalue weighted by Gasteiger charge is 2.54. The predicted octanol–water partition coefficient (Wildman–Crippen LogP) is 21.1. The van der Waals surface area contributed by atoms with Crippen molar-refractivity contribution in [2.75, 3.05) is 11.5 Å². The Bertz CT molecular complexity index is 4310. The van der Waals surface area contributed by atoms with Gasteiger partial charge in [-0.2, -0.15) is 0 Å². The first-order chi connectivity index (χ1) is 43.8. The summed E-state index contributed by atoms with van der Waals surface area (Å²) < 4.78 is 8.86. The quantitative estimate of drug-likeness (QED) is 0.0797. The Labute approximate surface area is 529 Å². The van der Waals surface area contributed by atoms with Gasteiger partial charge >= 0.3 is 0 Å². The second kappa shape index (κ2) is 24.0. The van der Waals surface area contributed by atoms with E-state index in [9.17, 15) is 0 Å². The molecule has 3 nitrogen and oxygen atoms in total. The highest BCUT2D eigenvalue weighted by atomic mass is 16.5. The number of hydrogen-bond donors (Lipinski definition) is 0. The van der Waals surface area contributed by atoms with Gasteiger partial charge < -0.3 is 14.2 Å². The maximum Gasteiger partial charge on any atom is 0.0963 e. The number of benzene rings is 6. The zero-order valence-electron chi connectivity index (χ0n) is 52.3. The van der Waals surface area contributed by atoms with Crippen LogP contribution in [0.3, 0.4) is 0 Å². The van der Waals surface area contributed by atoms with Crippen LogP contribution in [-0.4, -0.2) is 11.2 Å². The van der Waals surface area contributed by atoms with Crippen molar-refractivity contribution in [1.29, 1.82) is 0 Å². The van der Waals surface area contributed by atoms with Gasteiger partial charge in [-0.05, 0) is 216 Å². The van der Waals surface area contributed by atoms with Crippen molar-refractivity contribution in [3.8, 4) is 16.8 Å². The monoisotopic (exact) mass is 1160 g/mol. The molecule has 0 fully saturated rings.